The van der Waals surface area contributed by atoms with Crippen molar-refractivity contribution in [1.29, 1.82) is 0 Å². The highest BCUT2D eigenvalue weighted by molar-refractivity contribution is 5.84. The van der Waals surface area contributed by atoms with Crippen LogP contribution in [0.1, 0.15) is 29.2 Å². The van der Waals surface area contributed by atoms with Crippen molar-refractivity contribution in [1.82, 2.24) is 10.2 Å². The van der Waals surface area contributed by atoms with Gasteiger partial charge < -0.3 is 24.5 Å². The first-order chi connectivity index (χ1) is 9.58. The van der Waals surface area contributed by atoms with Gasteiger partial charge in [-0.25, -0.2) is 9.59 Å². The molecule has 2 amide bonds. The highest BCUT2D eigenvalue weighted by Crippen LogP contribution is 2.13. The van der Waals surface area contributed by atoms with Crippen molar-refractivity contribution in [2.24, 2.45) is 0 Å². The highest BCUT2D eigenvalue weighted by atomic mass is 16.5. The first-order valence-electron chi connectivity index (χ1n) is 6.48. The van der Waals surface area contributed by atoms with Gasteiger partial charge in [-0.15, -0.1) is 0 Å². The van der Waals surface area contributed by atoms with Crippen LogP contribution in [0.25, 0.3) is 0 Å². The Morgan fingerprint density at radius 3 is 2.70 bits per heavy atom. The molecule has 0 unspecified atom stereocenters. The summed E-state index contributed by atoms with van der Waals surface area (Å²) in [7, 11) is 1.75. The van der Waals surface area contributed by atoms with Crippen LogP contribution in [0.2, 0.25) is 0 Å². The fourth-order valence-electron chi connectivity index (χ4n) is 2.11. The summed E-state index contributed by atoms with van der Waals surface area (Å²) in [5.41, 5.74) is 0. The molecule has 7 nitrogen and oxygen atoms in total. The van der Waals surface area contributed by atoms with E-state index in [4.69, 9.17) is 14.3 Å². The van der Waals surface area contributed by atoms with Gasteiger partial charge in [-0.3, -0.25) is 0 Å². The third kappa shape index (κ3) is 3.51. The Balaban J connectivity index is 1.82. The minimum Gasteiger partial charge on any atom is -0.475 e. The van der Waals surface area contributed by atoms with Crippen LogP contribution in [0.15, 0.2) is 16.5 Å². The second-order valence-corrected chi connectivity index (χ2v) is 4.68. The normalized spacial score (nSPS) is 15.8. The molecule has 110 valence electrons. The summed E-state index contributed by atoms with van der Waals surface area (Å²) >= 11 is 0. The predicted octanol–water partition coefficient (Wildman–Crippen LogP) is 1.30. The van der Waals surface area contributed by atoms with Gasteiger partial charge in [0, 0.05) is 26.3 Å². The Morgan fingerprint density at radius 2 is 2.10 bits per heavy atom. The lowest BCUT2D eigenvalue weighted by atomic mass is 10.1. The molecule has 2 N–H and O–H groups in total. The molecule has 2 heterocycles. The maximum Gasteiger partial charge on any atom is 0.371 e. The zero-order chi connectivity index (χ0) is 14.5. The highest BCUT2D eigenvalue weighted by Gasteiger charge is 2.22. The van der Waals surface area contributed by atoms with Crippen LogP contribution < -0.4 is 5.32 Å². The van der Waals surface area contributed by atoms with Gasteiger partial charge >= 0.3 is 12.0 Å². The predicted molar refractivity (Wildman–Crippen MR) is 69.5 cm³/mol. The minimum absolute atomic E-state index is 0.132. The molecule has 0 atom stereocenters. The maximum atomic E-state index is 12.0. The number of carbonyl (C=O) groups is 2. The van der Waals surface area contributed by atoms with E-state index < -0.39 is 5.97 Å². The molecule has 20 heavy (non-hydrogen) atoms. The lowest BCUT2D eigenvalue weighted by Crippen LogP contribution is -2.45. The molecule has 1 aromatic rings. The average molecular weight is 282 g/mol. The topological polar surface area (TPSA) is 92.0 Å². The number of nitrogens with one attached hydrogen (secondary N) is 1. The van der Waals surface area contributed by atoms with Crippen LogP contribution in [0.5, 0.6) is 0 Å². The largest absolute Gasteiger partial charge is 0.475 e. The van der Waals surface area contributed by atoms with E-state index in [2.05, 4.69) is 5.32 Å². The first-order valence-corrected chi connectivity index (χ1v) is 6.48. The van der Waals surface area contributed by atoms with Crippen molar-refractivity contribution < 1.29 is 23.8 Å². The number of ether oxygens (including phenoxy) is 1. The number of carboxylic acids is 1. The van der Waals surface area contributed by atoms with E-state index in [1.165, 1.54) is 12.1 Å². The van der Waals surface area contributed by atoms with Crippen molar-refractivity contribution >= 4 is 12.0 Å². The minimum atomic E-state index is -1.12. The number of urea groups is 1. The number of carboxylic acid groups (broad SMARTS) is 1. The van der Waals surface area contributed by atoms with Crippen LogP contribution in [0, 0.1) is 0 Å². The number of carbonyl (C=O) groups excluding carboxylic acids is 1. The molecule has 2 rings (SSSR count). The Bertz CT molecular complexity index is 479. The summed E-state index contributed by atoms with van der Waals surface area (Å²) in [4.78, 5) is 24.3. The van der Waals surface area contributed by atoms with Gasteiger partial charge in [-0.1, -0.05) is 0 Å². The molecule has 0 radical (unpaired) electrons. The van der Waals surface area contributed by atoms with Crippen LogP contribution >= 0.6 is 0 Å². The molecule has 1 fully saturated rings. The molecular formula is C13H18N2O5. The number of amides is 2. The SMILES string of the molecule is CN(C(=O)NCc1ccc(C(=O)O)o1)C1CCOCC1. The Kier molecular flexibility index (Phi) is 4.62. The Hall–Kier alpha value is -2.02. The number of hydrogen-bond acceptors (Lipinski definition) is 4. The summed E-state index contributed by atoms with van der Waals surface area (Å²) in [5, 5.41) is 11.4. The molecule has 0 bridgehead atoms. The van der Waals surface area contributed by atoms with Crippen LogP contribution in [0.3, 0.4) is 0 Å². The molecule has 0 aromatic carbocycles. The van der Waals surface area contributed by atoms with E-state index in [1.807, 2.05) is 0 Å². The summed E-state index contributed by atoms with van der Waals surface area (Å²) in [6.45, 7) is 1.50. The summed E-state index contributed by atoms with van der Waals surface area (Å²) in [5.74, 6) is -0.843. The van der Waals surface area contributed by atoms with Crippen molar-refractivity contribution in [3.63, 3.8) is 0 Å². The van der Waals surface area contributed by atoms with Crippen molar-refractivity contribution in [2.75, 3.05) is 20.3 Å². The molecule has 1 aliphatic heterocycles. The number of aromatic carboxylic acids is 1. The summed E-state index contributed by atoms with van der Waals surface area (Å²) in [6.07, 6.45) is 1.65. The zero-order valence-corrected chi connectivity index (χ0v) is 11.3. The third-order valence-corrected chi connectivity index (χ3v) is 3.35. The zero-order valence-electron chi connectivity index (χ0n) is 11.3. The van der Waals surface area contributed by atoms with Crippen molar-refractivity contribution in [3.8, 4) is 0 Å². The van der Waals surface area contributed by atoms with Crippen LogP contribution in [-0.4, -0.2) is 48.3 Å². The quantitative estimate of drug-likeness (QED) is 0.868. The van der Waals surface area contributed by atoms with Gasteiger partial charge in [-0.05, 0) is 25.0 Å². The molecule has 0 aliphatic carbocycles. The second-order valence-electron chi connectivity index (χ2n) is 4.68. The van der Waals surface area contributed by atoms with Crippen LogP contribution in [0.4, 0.5) is 4.79 Å². The van der Waals surface area contributed by atoms with Gasteiger partial charge in [0.05, 0.1) is 6.54 Å². The van der Waals surface area contributed by atoms with E-state index >= 15 is 0 Å². The van der Waals surface area contributed by atoms with Gasteiger partial charge in [0.2, 0.25) is 5.76 Å². The smallest absolute Gasteiger partial charge is 0.371 e. The summed E-state index contributed by atoms with van der Waals surface area (Å²) in [6, 6.07) is 2.88. The van der Waals surface area contributed by atoms with E-state index in [0.717, 1.165) is 12.8 Å². The van der Waals surface area contributed by atoms with Gasteiger partial charge in [0.15, 0.2) is 0 Å². The summed E-state index contributed by atoms with van der Waals surface area (Å²) < 4.78 is 10.3. The van der Waals surface area contributed by atoms with Gasteiger partial charge in [-0.2, -0.15) is 0 Å². The maximum absolute atomic E-state index is 12.0. The number of rotatable bonds is 4. The standard InChI is InChI=1S/C13H18N2O5/c1-15(9-4-6-19-7-5-9)13(18)14-8-10-2-3-11(20-10)12(16)17/h2-3,9H,4-8H2,1H3,(H,14,18)(H,16,17). The fourth-order valence-corrected chi connectivity index (χ4v) is 2.11. The van der Waals surface area contributed by atoms with E-state index in [0.29, 0.717) is 19.0 Å². The monoisotopic (exact) mass is 282 g/mol. The third-order valence-electron chi connectivity index (χ3n) is 3.35. The molecule has 0 saturated carbocycles. The first kappa shape index (κ1) is 14.4. The van der Waals surface area contributed by atoms with Gasteiger partial charge in [0.25, 0.3) is 0 Å². The van der Waals surface area contributed by atoms with Crippen molar-refractivity contribution in [2.45, 2.75) is 25.4 Å². The lowest BCUT2D eigenvalue weighted by molar-refractivity contribution is 0.0525. The molecule has 1 saturated heterocycles. The molecular weight excluding hydrogens is 264 g/mol. The Morgan fingerprint density at radius 1 is 1.40 bits per heavy atom. The number of nitrogens with zero attached hydrogens (tertiary/aromatic N) is 1. The van der Waals surface area contributed by atoms with Crippen LogP contribution in [-0.2, 0) is 11.3 Å². The molecule has 1 aliphatic rings. The van der Waals surface area contributed by atoms with Gasteiger partial charge in [0.1, 0.15) is 5.76 Å². The molecule has 7 heteroatoms. The Labute approximate surface area is 116 Å². The fraction of sp³-hybridized carbons (Fsp3) is 0.538. The van der Waals surface area contributed by atoms with E-state index in [1.54, 1.807) is 11.9 Å². The van der Waals surface area contributed by atoms with E-state index in [-0.39, 0.29) is 24.4 Å². The number of hydrogen-bond donors (Lipinski definition) is 2. The second kappa shape index (κ2) is 6.42. The lowest BCUT2D eigenvalue weighted by Gasteiger charge is -2.31. The van der Waals surface area contributed by atoms with Crippen molar-refractivity contribution in [3.05, 3.63) is 23.7 Å². The van der Waals surface area contributed by atoms with E-state index in [9.17, 15) is 9.59 Å². The molecule has 1 aromatic heterocycles. The number of furan rings is 1. The average Bonchev–Trinajstić information content (AvgIpc) is 2.94. The molecule has 0 spiro atoms.